The Hall–Kier alpha value is -3.56. The molecule has 0 aliphatic carbocycles. The summed E-state index contributed by atoms with van der Waals surface area (Å²) in [5, 5.41) is 10.3. The van der Waals surface area contributed by atoms with E-state index >= 15 is 0 Å². The molecule has 1 amide bonds. The van der Waals surface area contributed by atoms with Crippen molar-refractivity contribution < 1.29 is 18.0 Å². The first kappa shape index (κ1) is 20.2. The lowest BCUT2D eigenvalue weighted by molar-refractivity contribution is -0.137. The summed E-state index contributed by atoms with van der Waals surface area (Å²) in [7, 11) is 0. The van der Waals surface area contributed by atoms with E-state index in [9.17, 15) is 22.8 Å². The number of hydrogen-bond donors (Lipinski definition) is 2. The molecule has 10 heteroatoms. The maximum atomic E-state index is 12.8. The number of carbonyl (C=O) groups is 1. The molecule has 150 valence electrons. The number of amides is 1. The summed E-state index contributed by atoms with van der Waals surface area (Å²) in [5.41, 5.74) is -0.508. The highest BCUT2D eigenvalue weighted by molar-refractivity contribution is 5.76. The molecule has 0 fully saturated rings. The highest BCUT2D eigenvalue weighted by Gasteiger charge is 2.30. The third kappa shape index (κ3) is 5.47. The van der Waals surface area contributed by atoms with Crippen molar-refractivity contribution in [3.63, 3.8) is 0 Å². The Labute approximate surface area is 163 Å². The quantitative estimate of drug-likeness (QED) is 0.659. The predicted octanol–water partition coefficient (Wildman–Crippen LogP) is 2.49. The van der Waals surface area contributed by atoms with Gasteiger partial charge in [-0.25, -0.2) is 0 Å². The normalized spacial score (nSPS) is 11.3. The summed E-state index contributed by atoms with van der Waals surface area (Å²) in [4.78, 5) is 30.4. The van der Waals surface area contributed by atoms with Crippen molar-refractivity contribution in [2.24, 2.45) is 0 Å². The first-order valence-corrected chi connectivity index (χ1v) is 8.62. The number of aromatic amines is 1. The van der Waals surface area contributed by atoms with E-state index in [1.165, 1.54) is 12.1 Å². The van der Waals surface area contributed by atoms with Crippen molar-refractivity contribution in [3.8, 4) is 11.4 Å². The summed E-state index contributed by atoms with van der Waals surface area (Å²) in [5.74, 6) is -0.358. The lowest BCUT2D eigenvalue weighted by Crippen LogP contribution is -2.25. The standard InChI is InChI=1S/C19H16F3N5O2/c20-19(21,22)14-5-1-4-13(9-14)17-25-18(29)15(26-27-17)6-7-16(28)24-11-12-3-2-8-23-10-12/h1-5,8-10H,6-7,11H2,(H,24,28)(H,25,27,29). The van der Waals surface area contributed by atoms with Gasteiger partial charge in [0.2, 0.25) is 5.91 Å². The minimum atomic E-state index is -4.51. The number of nitrogens with one attached hydrogen (secondary N) is 2. The molecule has 0 unspecified atom stereocenters. The van der Waals surface area contributed by atoms with Gasteiger partial charge >= 0.3 is 6.18 Å². The van der Waals surface area contributed by atoms with Gasteiger partial charge in [0.15, 0.2) is 5.82 Å². The van der Waals surface area contributed by atoms with E-state index in [1.54, 1.807) is 18.5 Å². The average Bonchev–Trinajstić information content (AvgIpc) is 2.71. The van der Waals surface area contributed by atoms with Gasteiger partial charge in [0, 0.05) is 37.3 Å². The second-order valence-electron chi connectivity index (χ2n) is 6.17. The zero-order valence-corrected chi connectivity index (χ0v) is 15.0. The molecule has 0 radical (unpaired) electrons. The maximum Gasteiger partial charge on any atom is 0.416 e. The fourth-order valence-electron chi connectivity index (χ4n) is 2.52. The lowest BCUT2D eigenvalue weighted by atomic mass is 10.1. The summed E-state index contributed by atoms with van der Waals surface area (Å²) in [6.45, 7) is 0.309. The summed E-state index contributed by atoms with van der Waals surface area (Å²) in [6, 6.07) is 7.98. The molecule has 3 aromatic rings. The van der Waals surface area contributed by atoms with E-state index in [4.69, 9.17) is 0 Å². The van der Waals surface area contributed by atoms with Crippen molar-refractivity contribution >= 4 is 5.91 Å². The first-order chi connectivity index (χ1) is 13.8. The second-order valence-corrected chi connectivity index (χ2v) is 6.17. The molecule has 0 aliphatic heterocycles. The Morgan fingerprint density at radius 1 is 1.14 bits per heavy atom. The van der Waals surface area contributed by atoms with Crippen LogP contribution in [0.3, 0.4) is 0 Å². The van der Waals surface area contributed by atoms with Crippen LogP contribution >= 0.6 is 0 Å². The van der Waals surface area contributed by atoms with E-state index in [0.717, 1.165) is 17.7 Å². The van der Waals surface area contributed by atoms with Crippen LogP contribution in [-0.2, 0) is 23.9 Å². The van der Waals surface area contributed by atoms with Crippen molar-refractivity contribution in [2.45, 2.75) is 25.6 Å². The molecule has 0 atom stereocenters. The molecule has 2 N–H and O–H groups in total. The van der Waals surface area contributed by atoms with Gasteiger partial charge in [-0.1, -0.05) is 18.2 Å². The average molecular weight is 403 g/mol. The third-order valence-electron chi connectivity index (χ3n) is 4.03. The van der Waals surface area contributed by atoms with Gasteiger partial charge < -0.3 is 10.3 Å². The number of aromatic nitrogens is 4. The molecule has 0 saturated carbocycles. The van der Waals surface area contributed by atoms with Gasteiger partial charge in [0.25, 0.3) is 5.56 Å². The molecule has 7 nitrogen and oxygen atoms in total. The number of halogens is 3. The second kappa shape index (κ2) is 8.63. The van der Waals surface area contributed by atoms with E-state index in [0.29, 0.717) is 6.54 Å². The Bertz CT molecular complexity index is 1050. The molecular formula is C19H16F3N5O2. The van der Waals surface area contributed by atoms with Gasteiger partial charge in [0.05, 0.1) is 5.56 Å². The van der Waals surface area contributed by atoms with E-state index in [-0.39, 0.29) is 35.8 Å². The number of benzene rings is 1. The van der Waals surface area contributed by atoms with Gasteiger partial charge in [-0.3, -0.25) is 14.6 Å². The van der Waals surface area contributed by atoms with Crippen LogP contribution in [0.25, 0.3) is 11.4 Å². The van der Waals surface area contributed by atoms with Crippen molar-refractivity contribution in [1.82, 2.24) is 25.5 Å². The number of alkyl halides is 3. The fourth-order valence-corrected chi connectivity index (χ4v) is 2.52. The first-order valence-electron chi connectivity index (χ1n) is 8.62. The van der Waals surface area contributed by atoms with E-state index < -0.39 is 17.3 Å². The van der Waals surface area contributed by atoms with Crippen LogP contribution in [0.1, 0.15) is 23.2 Å². The number of carbonyl (C=O) groups excluding carboxylic acids is 1. The minimum absolute atomic E-state index is 0.0148. The molecule has 0 bridgehead atoms. The topological polar surface area (TPSA) is 101 Å². The molecule has 0 spiro atoms. The van der Waals surface area contributed by atoms with Gasteiger partial charge in [-0.15, -0.1) is 10.2 Å². The van der Waals surface area contributed by atoms with Crippen molar-refractivity contribution in [3.05, 3.63) is 76.0 Å². The van der Waals surface area contributed by atoms with Gasteiger partial charge in [-0.05, 0) is 23.8 Å². The SMILES string of the molecule is O=C(CCc1nnc(-c2cccc(C(F)(F)F)c2)[nH]c1=O)NCc1cccnc1. The molecule has 0 saturated heterocycles. The van der Waals surface area contributed by atoms with Crippen LogP contribution in [0.4, 0.5) is 13.2 Å². The number of rotatable bonds is 6. The number of H-pyrrole nitrogens is 1. The number of aryl methyl sites for hydroxylation is 1. The Balaban J connectivity index is 1.63. The summed E-state index contributed by atoms with van der Waals surface area (Å²) < 4.78 is 38.5. The number of pyridine rings is 1. The van der Waals surface area contributed by atoms with E-state index in [1.807, 2.05) is 6.07 Å². The highest BCUT2D eigenvalue weighted by Crippen LogP contribution is 2.31. The monoisotopic (exact) mass is 403 g/mol. The molecule has 1 aromatic carbocycles. The smallest absolute Gasteiger partial charge is 0.352 e. The molecular weight excluding hydrogens is 387 g/mol. The van der Waals surface area contributed by atoms with Crippen molar-refractivity contribution in [1.29, 1.82) is 0 Å². The predicted molar refractivity (Wildman–Crippen MR) is 97.5 cm³/mol. The summed E-state index contributed by atoms with van der Waals surface area (Å²) in [6.07, 6.45) is -1.19. The van der Waals surface area contributed by atoms with Crippen LogP contribution in [0.15, 0.2) is 53.6 Å². The van der Waals surface area contributed by atoms with Crippen LogP contribution in [0.5, 0.6) is 0 Å². The van der Waals surface area contributed by atoms with Crippen LogP contribution < -0.4 is 10.9 Å². The van der Waals surface area contributed by atoms with Gasteiger partial charge in [-0.2, -0.15) is 13.2 Å². The van der Waals surface area contributed by atoms with Crippen LogP contribution in [0, 0.1) is 0 Å². The Morgan fingerprint density at radius 3 is 2.66 bits per heavy atom. The zero-order chi connectivity index (χ0) is 20.9. The Morgan fingerprint density at radius 2 is 1.97 bits per heavy atom. The largest absolute Gasteiger partial charge is 0.416 e. The highest BCUT2D eigenvalue weighted by atomic mass is 19.4. The Kier molecular flexibility index (Phi) is 6.01. The summed E-state index contributed by atoms with van der Waals surface area (Å²) >= 11 is 0. The van der Waals surface area contributed by atoms with Crippen LogP contribution in [0.2, 0.25) is 0 Å². The zero-order valence-electron chi connectivity index (χ0n) is 15.0. The fraction of sp³-hybridized carbons (Fsp3) is 0.211. The number of hydrogen-bond acceptors (Lipinski definition) is 5. The minimum Gasteiger partial charge on any atom is -0.352 e. The van der Waals surface area contributed by atoms with E-state index in [2.05, 4.69) is 25.5 Å². The van der Waals surface area contributed by atoms with Crippen molar-refractivity contribution in [2.75, 3.05) is 0 Å². The lowest BCUT2D eigenvalue weighted by Gasteiger charge is -2.08. The maximum absolute atomic E-state index is 12.8. The molecule has 0 aliphatic rings. The number of nitrogens with zero attached hydrogens (tertiary/aromatic N) is 3. The van der Waals surface area contributed by atoms with Gasteiger partial charge in [0.1, 0.15) is 5.69 Å². The third-order valence-corrected chi connectivity index (χ3v) is 4.03. The molecule has 2 aromatic heterocycles. The molecule has 3 rings (SSSR count). The molecule has 29 heavy (non-hydrogen) atoms. The van der Waals surface area contributed by atoms with Crippen LogP contribution in [-0.4, -0.2) is 26.1 Å². The molecule has 2 heterocycles.